The Morgan fingerprint density at radius 2 is 1.45 bits per heavy atom. The van der Waals surface area contributed by atoms with Gasteiger partial charge in [-0.05, 0) is 12.8 Å². The molecule has 29 heavy (non-hydrogen) atoms. The Morgan fingerprint density at radius 3 is 1.97 bits per heavy atom. The number of hydrogen-bond donors (Lipinski definition) is 5. The molecule has 0 rings (SSSR count). The Hall–Kier alpha value is -0.560. The molecule has 1 amide bonds. The molecule has 0 aromatic heterocycles. The van der Waals surface area contributed by atoms with Crippen LogP contribution in [0.4, 0.5) is 0 Å². The molecule has 8 heteroatoms. The van der Waals surface area contributed by atoms with E-state index in [1.54, 1.807) is 0 Å². The zero-order valence-corrected chi connectivity index (χ0v) is 19.3. The third-order valence-corrected chi connectivity index (χ3v) is 5.35. The SMILES string of the molecule is CCCCCCCC/C=C\CCCCCCCC(=O)N[C@H](CN)CO[PH](O)(O)O. The van der Waals surface area contributed by atoms with Crippen LogP contribution in [-0.2, 0) is 9.32 Å². The Bertz CT molecular complexity index is 416. The summed E-state index contributed by atoms with van der Waals surface area (Å²) < 4.78 is 4.52. The van der Waals surface area contributed by atoms with Gasteiger partial charge in [-0.25, -0.2) is 0 Å². The Kier molecular flexibility index (Phi) is 19.0. The van der Waals surface area contributed by atoms with Crippen molar-refractivity contribution in [3.8, 4) is 0 Å². The maximum absolute atomic E-state index is 11.9. The number of allylic oxidation sites excluding steroid dienone is 2. The van der Waals surface area contributed by atoms with Crippen LogP contribution in [0.2, 0.25) is 0 Å². The monoisotopic (exact) mass is 436 g/mol. The zero-order valence-electron chi connectivity index (χ0n) is 18.3. The fraction of sp³-hybridized carbons (Fsp3) is 0.857. The molecule has 0 aromatic rings. The van der Waals surface area contributed by atoms with Gasteiger partial charge in [0.1, 0.15) is 0 Å². The van der Waals surface area contributed by atoms with Crippen LogP contribution >= 0.6 is 8.17 Å². The van der Waals surface area contributed by atoms with Crippen molar-refractivity contribution in [3.05, 3.63) is 12.2 Å². The van der Waals surface area contributed by atoms with Crippen LogP contribution in [0.5, 0.6) is 0 Å². The van der Waals surface area contributed by atoms with E-state index in [-0.39, 0.29) is 19.1 Å². The van der Waals surface area contributed by atoms with E-state index >= 15 is 0 Å². The van der Waals surface area contributed by atoms with E-state index in [1.807, 2.05) is 0 Å². The standard InChI is InChI=1S/C21H45N2O5P/c1-2-3-4-5-6-7-8-9-10-11-12-13-14-15-16-17-21(24)23-20(18-22)19-28-29(25,26)27/h9-10,20,25-27,29H,2-8,11-19,22H2,1H3,(H,23,24)/b10-9-/t20-/m1/s1. The first-order chi connectivity index (χ1) is 13.9. The van der Waals surface area contributed by atoms with Gasteiger partial charge in [-0.1, -0.05) is 51.2 Å². The molecule has 0 aromatic carbocycles. The topological polar surface area (TPSA) is 125 Å². The van der Waals surface area contributed by atoms with E-state index in [1.165, 1.54) is 57.8 Å². The number of carbonyl (C=O) groups is 1. The van der Waals surface area contributed by atoms with Crippen LogP contribution < -0.4 is 11.1 Å². The number of nitrogens with one attached hydrogen (secondary N) is 1. The first-order valence-electron chi connectivity index (χ1n) is 11.3. The maximum atomic E-state index is 11.9. The summed E-state index contributed by atoms with van der Waals surface area (Å²) in [5.41, 5.74) is 5.51. The number of hydrogen-bond acceptors (Lipinski definition) is 6. The average Bonchev–Trinajstić information content (AvgIpc) is 2.67. The van der Waals surface area contributed by atoms with Crippen molar-refractivity contribution in [1.29, 1.82) is 0 Å². The molecule has 7 nitrogen and oxygen atoms in total. The van der Waals surface area contributed by atoms with Crippen molar-refractivity contribution in [2.45, 2.75) is 103 Å². The first kappa shape index (κ1) is 28.4. The van der Waals surface area contributed by atoms with Crippen molar-refractivity contribution in [2.75, 3.05) is 13.2 Å². The van der Waals surface area contributed by atoms with Gasteiger partial charge < -0.3 is 0 Å². The van der Waals surface area contributed by atoms with Gasteiger partial charge in [0.25, 0.3) is 0 Å². The van der Waals surface area contributed by atoms with Crippen LogP contribution in [-0.4, -0.2) is 39.8 Å². The molecule has 0 aliphatic carbocycles. The van der Waals surface area contributed by atoms with Gasteiger partial charge in [-0.15, -0.1) is 0 Å². The molecule has 1 atom stereocenters. The van der Waals surface area contributed by atoms with E-state index in [0.29, 0.717) is 6.42 Å². The molecular weight excluding hydrogens is 391 g/mol. The summed E-state index contributed by atoms with van der Waals surface area (Å²) in [6, 6.07) is -0.538. The minimum absolute atomic E-state index is 0.0998. The van der Waals surface area contributed by atoms with Crippen LogP contribution in [0.25, 0.3) is 0 Å². The second kappa shape index (κ2) is 19.4. The van der Waals surface area contributed by atoms with E-state index in [0.717, 1.165) is 25.7 Å². The van der Waals surface area contributed by atoms with Gasteiger partial charge in [-0.2, -0.15) is 0 Å². The average molecular weight is 437 g/mol. The molecule has 0 fully saturated rings. The van der Waals surface area contributed by atoms with E-state index in [4.69, 9.17) is 20.4 Å². The van der Waals surface area contributed by atoms with Gasteiger partial charge in [0.05, 0.1) is 0 Å². The summed E-state index contributed by atoms with van der Waals surface area (Å²) in [5, 5.41) is 2.68. The molecule has 0 unspecified atom stereocenters. The second-order valence-electron chi connectivity index (χ2n) is 7.72. The number of nitrogens with two attached hydrogens (primary N) is 1. The fourth-order valence-electron chi connectivity index (χ4n) is 3.04. The van der Waals surface area contributed by atoms with Crippen molar-refractivity contribution in [3.63, 3.8) is 0 Å². The molecule has 0 aliphatic heterocycles. The van der Waals surface area contributed by atoms with Crippen LogP contribution in [0, 0.1) is 0 Å². The van der Waals surface area contributed by atoms with Crippen molar-refractivity contribution < 1.29 is 24.0 Å². The minimum atomic E-state index is -4.56. The van der Waals surface area contributed by atoms with Crippen LogP contribution in [0.1, 0.15) is 96.8 Å². The van der Waals surface area contributed by atoms with Crippen molar-refractivity contribution in [2.24, 2.45) is 5.73 Å². The predicted molar refractivity (Wildman–Crippen MR) is 121 cm³/mol. The molecular formula is C21H45N2O5P. The van der Waals surface area contributed by atoms with Gasteiger partial charge >= 0.3 is 113 Å². The number of rotatable bonds is 20. The summed E-state index contributed by atoms with van der Waals surface area (Å²) in [6.07, 6.45) is 20.8. The van der Waals surface area contributed by atoms with Crippen molar-refractivity contribution in [1.82, 2.24) is 5.32 Å². The number of unbranched alkanes of at least 4 members (excludes halogenated alkanes) is 11. The molecule has 6 N–H and O–H groups in total. The zero-order chi connectivity index (χ0) is 21.8. The first-order valence-corrected chi connectivity index (χ1v) is 13.1. The Labute approximate surface area is 177 Å². The van der Waals surface area contributed by atoms with Crippen molar-refractivity contribution >= 4 is 14.1 Å². The molecule has 0 saturated heterocycles. The third kappa shape index (κ3) is 22.0. The molecule has 0 radical (unpaired) electrons. The quantitative estimate of drug-likeness (QED) is 0.112. The van der Waals surface area contributed by atoms with E-state index < -0.39 is 14.2 Å². The normalized spacial score (nSPS) is 13.7. The van der Waals surface area contributed by atoms with Gasteiger partial charge in [-0.3, -0.25) is 0 Å². The summed E-state index contributed by atoms with van der Waals surface area (Å²) in [7, 11) is -4.56. The Morgan fingerprint density at radius 1 is 0.931 bits per heavy atom. The summed E-state index contributed by atoms with van der Waals surface area (Å²) in [6.45, 7) is 2.13. The van der Waals surface area contributed by atoms with Gasteiger partial charge in [0.15, 0.2) is 0 Å². The molecule has 0 saturated carbocycles. The van der Waals surface area contributed by atoms with Crippen LogP contribution in [0.15, 0.2) is 12.2 Å². The summed E-state index contributed by atoms with van der Waals surface area (Å²) in [5.74, 6) is -0.136. The van der Waals surface area contributed by atoms with Gasteiger partial charge in [0, 0.05) is 0 Å². The summed E-state index contributed by atoms with van der Waals surface area (Å²) >= 11 is 0. The Balaban J connectivity index is 3.48. The number of amides is 1. The summed E-state index contributed by atoms with van der Waals surface area (Å²) in [4.78, 5) is 38.3. The second-order valence-corrected chi connectivity index (χ2v) is 9.16. The number of carbonyl (C=O) groups excluding carboxylic acids is 1. The molecule has 0 spiro atoms. The molecule has 0 bridgehead atoms. The van der Waals surface area contributed by atoms with Crippen LogP contribution in [0.3, 0.4) is 0 Å². The predicted octanol–water partition coefficient (Wildman–Crippen LogP) is 3.87. The van der Waals surface area contributed by atoms with E-state index in [9.17, 15) is 4.79 Å². The fourth-order valence-corrected chi connectivity index (χ4v) is 3.46. The molecule has 0 heterocycles. The third-order valence-electron chi connectivity index (χ3n) is 4.79. The molecule has 174 valence electrons. The molecule has 0 aliphatic rings. The van der Waals surface area contributed by atoms with Gasteiger partial charge in [0.2, 0.25) is 0 Å². The van der Waals surface area contributed by atoms with E-state index in [2.05, 4.69) is 28.9 Å².